The Bertz CT molecular complexity index is 1020. The van der Waals surface area contributed by atoms with Gasteiger partial charge in [-0.25, -0.2) is 18.2 Å². The number of imide groups is 1. The molecule has 1 aromatic rings. The Morgan fingerprint density at radius 2 is 1.97 bits per heavy atom. The molecule has 4 amide bonds. The van der Waals surface area contributed by atoms with Crippen LogP contribution >= 0.6 is 11.8 Å². The van der Waals surface area contributed by atoms with Crippen molar-refractivity contribution in [1.82, 2.24) is 25.0 Å². The molecule has 3 aliphatic rings. The summed E-state index contributed by atoms with van der Waals surface area (Å²) in [6, 6.07) is 2.35. The highest BCUT2D eigenvalue weighted by Gasteiger charge is 2.52. The number of pyridine rings is 1. The van der Waals surface area contributed by atoms with E-state index in [4.69, 9.17) is 4.74 Å². The fraction of sp³-hybridized carbons (Fsp3) is 0.600. The Kier molecular flexibility index (Phi) is 6.93. The average molecular weight is 498 g/mol. The Morgan fingerprint density at radius 3 is 2.61 bits per heavy atom. The maximum atomic E-state index is 12.8. The molecular formula is C20H27N5O6S2. The van der Waals surface area contributed by atoms with Crippen LogP contribution in [0.4, 0.5) is 4.79 Å². The van der Waals surface area contributed by atoms with Crippen molar-refractivity contribution in [3.8, 4) is 0 Å². The van der Waals surface area contributed by atoms with Crippen LogP contribution in [0.5, 0.6) is 0 Å². The van der Waals surface area contributed by atoms with Gasteiger partial charge in [0.05, 0.1) is 24.0 Å². The molecule has 4 rings (SSSR count). The van der Waals surface area contributed by atoms with Crippen molar-refractivity contribution in [2.75, 3.05) is 32.1 Å². The lowest BCUT2D eigenvalue weighted by molar-refractivity contribution is -0.139. The molecule has 1 aromatic heterocycles. The van der Waals surface area contributed by atoms with Gasteiger partial charge in [0.2, 0.25) is 15.9 Å². The molecule has 0 aromatic carbocycles. The Hall–Kier alpha value is -2.22. The third-order valence-corrected chi connectivity index (χ3v) is 9.02. The van der Waals surface area contributed by atoms with Gasteiger partial charge in [-0.1, -0.05) is 18.7 Å². The summed E-state index contributed by atoms with van der Waals surface area (Å²) in [6.45, 7) is 3.41. The van der Waals surface area contributed by atoms with Crippen LogP contribution in [0.2, 0.25) is 0 Å². The lowest BCUT2D eigenvalue weighted by atomic mass is 9.77. The molecule has 11 nitrogen and oxygen atoms in total. The summed E-state index contributed by atoms with van der Waals surface area (Å²) in [4.78, 5) is 41.7. The highest BCUT2D eigenvalue weighted by molar-refractivity contribution is 7.99. The fourth-order valence-corrected chi connectivity index (χ4v) is 6.14. The summed E-state index contributed by atoms with van der Waals surface area (Å²) in [7, 11) is -3.64. The monoisotopic (exact) mass is 497 g/mol. The molecular weight excluding hydrogens is 470 g/mol. The number of hydrogen-bond acceptors (Lipinski definition) is 8. The zero-order chi connectivity index (χ0) is 23.6. The van der Waals surface area contributed by atoms with Crippen molar-refractivity contribution in [1.29, 1.82) is 0 Å². The van der Waals surface area contributed by atoms with E-state index in [1.807, 2.05) is 0 Å². The standard InChI is InChI=1S/C20H27N5O6S2/c1-14-4-6-20(7-5-14)18(27)25(19(28)22-20)23-16(26)13-32-17-3-2-15(12-21-17)33(29,30)24-8-10-31-11-9-24/h2-3,12,14H,4-11,13H2,1H3,(H,22,28)(H,23,26). The van der Waals surface area contributed by atoms with Gasteiger partial charge >= 0.3 is 6.03 Å². The average Bonchev–Trinajstić information content (AvgIpc) is 3.04. The van der Waals surface area contributed by atoms with Crippen LogP contribution < -0.4 is 10.7 Å². The van der Waals surface area contributed by atoms with E-state index in [0.717, 1.165) is 29.6 Å². The van der Waals surface area contributed by atoms with Crippen molar-refractivity contribution >= 4 is 39.6 Å². The highest BCUT2D eigenvalue weighted by atomic mass is 32.2. The molecule has 2 saturated heterocycles. The van der Waals surface area contributed by atoms with Gasteiger partial charge in [0.15, 0.2) is 0 Å². The van der Waals surface area contributed by atoms with Crippen LogP contribution in [0.1, 0.15) is 32.6 Å². The molecule has 3 fully saturated rings. The summed E-state index contributed by atoms with van der Waals surface area (Å²) in [5, 5.41) is 3.96. The number of thioether (sulfide) groups is 1. The number of morpholine rings is 1. The maximum Gasteiger partial charge on any atom is 0.344 e. The Labute approximate surface area is 196 Å². The van der Waals surface area contributed by atoms with Crippen LogP contribution in [0.25, 0.3) is 0 Å². The minimum absolute atomic E-state index is 0.0737. The van der Waals surface area contributed by atoms with Gasteiger partial charge in [-0.3, -0.25) is 15.0 Å². The second kappa shape index (κ2) is 9.57. The minimum Gasteiger partial charge on any atom is -0.379 e. The number of nitrogens with zero attached hydrogens (tertiary/aromatic N) is 3. The topological polar surface area (TPSA) is 138 Å². The van der Waals surface area contributed by atoms with Gasteiger partial charge in [0.25, 0.3) is 5.91 Å². The molecule has 0 unspecified atom stereocenters. The van der Waals surface area contributed by atoms with Gasteiger partial charge in [0.1, 0.15) is 10.4 Å². The number of nitrogens with one attached hydrogen (secondary N) is 2. The van der Waals surface area contributed by atoms with Crippen LogP contribution in [-0.2, 0) is 24.3 Å². The first-order valence-corrected chi connectivity index (χ1v) is 13.3. The summed E-state index contributed by atoms with van der Waals surface area (Å²) >= 11 is 1.08. The van der Waals surface area contributed by atoms with Crippen molar-refractivity contribution in [3.05, 3.63) is 18.3 Å². The predicted molar refractivity (Wildman–Crippen MR) is 118 cm³/mol. The van der Waals surface area contributed by atoms with Crippen molar-refractivity contribution in [2.45, 2.75) is 48.1 Å². The molecule has 3 heterocycles. The number of aromatic nitrogens is 1. The Balaban J connectivity index is 1.31. The van der Waals surface area contributed by atoms with Crippen LogP contribution in [0, 0.1) is 5.92 Å². The summed E-state index contributed by atoms with van der Waals surface area (Å²) < 4.78 is 31.8. The third kappa shape index (κ3) is 5.00. The van der Waals surface area contributed by atoms with Crippen LogP contribution in [-0.4, -0.2) is 78.2 Å². The van der Waals surface area contributed by atoms with E-state index in [1.54, 1.807) is 0 Å². The largest absolute Gasteiger partial charge is 0.379 e. The summed E-state index contributed by atoms with van der Waals surface area (Å²) in [6.07, 6.45) is 4.06. The summed E-state index contributed by atoms with van der Waals surface area (Å²) in [5.41, 5.74) is 1.46. The number of urea groups is 1. The zero-order valence-corrected chi connectivity index (χ0v) is 19.9. The van der Waals surface area contributed by atoms with E-state index in [2.05, 4.69) is 22.7 Å². The van der Waals surface area contributed by atoms with E-state index in [-0.39, 0.29) is 10.6 Å². The minimum atomic E-state index is -3.64. The van der Waals surface area contributed by atoms with E-state index in [9.17, 15) is 22.8 Å². The number of carbonyl (C=O) groups is 3. The number of sulfonamides is 1. The highest BCUT2D eigenvalue weighted by Crippen LogP contribution is 2.35. The molecule has 2 N–H and O–H groups in total. The molecule has 0 bridgehead atoms. The molecule has 2 aliphatic heterocycles. The number of amides is 4. The SMILES string of the molecule is CC1CCC2(CC1)NC(=O)N(NC(=O)CSc1ccc(S(=O)(=O)N3CCOCC3)cn1)C2=O. The van der Waals surface area contributed by atoms with E-state index in [0.29, 0.717) is 50.1 Å². The summed E-state index contributed by atoms with van der Waals surface area (Å²) in [5.74, 6) is -0.544. The smallest absolute Gasteiger partial charge is 0.344 e. The van der Waals surface area contributed by atoms with Gasteiger partial charge in [-0.05, 0) is 43.7 Å². The number of rotatable bonds is 6. The molecule has 1 saturated carbocycles. The van der Waals surface area contributed by atoms with E-state index < -0.39 is 33.4 Å². The molecule has 13 heteroatoms. The second-order valence-electron chi connectivity index (χ2n) is 8.51. The maximum absolute atomic E-state index is 12.8. The normalized spacial score (nSPS) is 26.5. The Morgan fingerprint density at radius 1 is 1.27 bits per heavy atom. The van der Waals surface area contributed by atoms with Gasteiger partial charge in [-0.15, -0.1) is 0 Å². The molecule has 180 valence electrons. The van der Waals surface area contributed by atoms with Gasteiger partial charge < -0.3 is 10.1 Å². The lowest BCUT2D eigenvalue weighted by Crippen LogP contribution is -2.51. The quantitative estimate of drug-likeness (QED) is 0.433. The third-order valence-electron chi connectivity index (χ3n) is 6.19. The van der Waals surface area contributed by atoms with E-state index in [1.165, 1.54) is 22.6 Å². The van der Waals surface area contributed by atoms with Crippen LogP contribution in [0.3, 0.4) is 0 Å². The number of hydrazine groups is 1. The van der Waals surface area contributed by atoms with Crippen molar-refractivity contribution in [3.63, 3.8) is 0 Å². The number of hydrogen-bond donors (Lipinski definition) is 2. The first kappa shape index (κ1) is 23.9. The van der Waals surface area contributed by atoms with E-state index >= 15 is 0 Å². The molecule has 1 spiro atoms. The predicted octanol–water partition coefficient (Wildman–Crippen LogP) is 0.727. The zero-order valence-electron chi connectivity index (χ0n) is 18.3. The number of ether oxygens (including phenoxy) is 1. The molecule has 1 aliphatic carbocycles. The van der Waals surface area contributed by atoms with Crippen molar-refractivity contribution in [2.24, 2.45) is 5.92 Å². The van der Waals surface area contributed by atoms with Gasteiger partial charge in [-0.2, -0.15) is 9.31 Å². The van der Waals surface area contributed by atoms with Crippen molar-refractivity contribution < 1.29 is 27.5 Å². The number of carbonyl (C=O) groups excluding carboxylic acids is 3. The molecule has 0 radical (unpaired) electrons. The first-order valence-electron chi connectivity index (χ1n) is 10.8. The first-order chi connectivity index (χ1) is 15.7. The second-order valence-corrected chi connectivity index (χ2v) is 11.4. The van der Waals surface area contributed by atoms with Gasteiger partial charge in [0, 0.05) is 19.3 Å². The lowest BCUT2D eigenvalue weighted by Gasteiger charge is -2.33. The fourth-order valence-electron chi connectivity index (χ4n) is 4.15. The van der Waals surface area contributed by atoms with Crippen LogP contribution in [0.15, 0.2) is 28.3 Å². The molecule has 0 atom stereocenters. The molecule has 33 heavy (non-hydrogen) atoms.